The van der Waals surface area contributed by atoms with Gasteiger partial charge in [0.25, 0.3) is 0 Å². The van der Waals surface area contributed by atoms with Crippen LogP contribution < -0.4 is 5.32 Å². The number of nitrogens with one attached hydrogen (secondary N) is 1. The molecule has 1 aliphatic rings. The van der Waals surface area contributed by atoms with Crippen molar-refractivity contribution < 1.29 is 23.1 Å². The second-order valence-electron chi connectivity index (χ2n) is 6.40. The van der Waals surface area contributed by atoms with Crippen LogP contribution in [0.1, 0.15) is 25.0 Å². The summed E-state index contributed by atoms with van der Waals surface area (Å²) >= 11 is 0. The Balaban J connectivity index is 2.03. The molecule has 7 heteroatoms. The predicted molar refractivity (Wildman–Crippen MR) is 91.8 cm³/mol. The van der Waals surface area contributed by atoms with Crippen LogP contribution in [0.25, 0.3) is 0 Å². The van der Waals surface area contributed by atoms with Gasteiger partial charge in [-0.3, -0.25) is 4.79 Å². The molecule has 1 heterocycles. The van der Waals surface area contributed by atoms with Gasteiger partial charge in [-0.1, -0.05) is 5.92 Å². The summed E-state index contributed by atoms with van der Waals surface area (Å²) in [7, 11) is 0. The van der Waals surface area contributed by atoms with Crippen LogP contribution in [0, 0.1) is 12.3 Å². The molecule has 1 aromatic carbocycles. The fourth-order valence-corrected chi connectivity index (χ4v) is 2.37. The lowest BCUT2D eigenvalue weighted by molar-refractivity contribution is -0.137. The third kappa shape index (κ3) is 4.60. The van der Waals surface area contributed by atoms with Crippen LogP contribution in [-0.4, -0.2) is 28.0 Å². The number of rotatable bonds is 4. The number of terminal acetylenes is 1. The molecular formula is C19H19F3N2O2. The minimum absolute atomic E-state index is 0.0900. The highest BCUT2D eigenvalue weighted by molar-refractivity contribution is 5.81. The number of halogens is 3. The number of alkyl halides is 3. The zero-order valence-electron chi connectivity index (χ0n) is 14.4. The van der Waals surface area contributed by atoms with Gasteiger partial charge >= 0.3 is 6.18 Å². The molecule has 26 heavy (non-hydrogen) atoms. The Morgan fingerprint density at radius 1 is 1.38 bits per heavy atom. The van der Waals surface area contributed by atoms with Gasteiger partial charge in [-0.2, -0.15) is 13.2 Å². The van der Waals surface area contributed by atoms with Crippen molar-refractivity contribution in [1.29, 1.82) is 0 Å². The molecule has 138 valence electrons. The van der Waals surface area contributed by atoms with E-state index >= 15 is 0 Å². The Morgan fingerprint density at radius 3 is 2.62 bits per heavy atom. The quantitative estimate of drug-likeness (QED) is 0.807. The summed E-state index contributed by atoms with van der Waals surface area (Å²) < 4.78 is 38.3. The third-order valence-corrected chi connectivity index (χ3v) is 4.05. The average Bonchev–Trinajstić information content (AvgIpc) is 2.56. The van der Waals surface area contributed by atoms with E-state index < -0.39 is 23.2 Å². The number of nitrogens with zero attached hydrogens (tertiary/aromatic N) is 1. The van der Waals surface area contributed by atoms with Gasteiger partial charge in [0.2, 0.25) is 5.91 Å². The minimum Gasteiger partial charge on any atom is -0.508 e. The lowest BCUT2D eigenvalue weighted by atomic mass is 10.0. The van der Waals surface area contributed by atoms with Crippen molar-refractivity contribution in [2.24, 2.45) is 0 Å². The van der Waals surface area contributed by atoms with Crippen molar-refractivity contribution in [3.63, 3.8) is 0 Å². The molecule has 0 atom stereocenters. The molecule has 2 rings (SSSR count). The van der Waals surface area contributed by atoms with E-state index in [9.17, 15) is 23.1 Å². The van der Waals surface area contributed by atoms with E-state index in [4.69, 9.17) is 6.42 Å². The molecule has 0 bridgehead atoms. The van der Waals surface area contributed by atoms with E-state index in [1.165, 1.54) is 0 Å². The van der Waals surface area contributed by atoms with Gasteiger partial charge < -0.3 is 15.3 Å². The van der Waals surface area contributed by atoms with E-state index in [-0.39, 0.29) is 17.7 Å². The van der Waals surface area contributed by atoms with E-state index in [1.807, 2.05) is 18.7 Å². The number of carbonyl (C=O) groups is 1. The van der Waals surface area contributed by atoms with Gasteiger partial charge in [0.1, 0.15) is 5.75 Å². The summed E-state index contributed by atoms with van der Waals surface area (Å²) in [4.78, 5) is 14.0. The summed E-state index contributed by atoms with van der Waals surface area (Å²) in [5.41, 5.74) is -0.966. The molecule has 0 saturated heterocycles. The molecule has 0 radical (unpaired) electrons. The normalized spacial score (nSPS) is 14.6. The molecule has 1 aromatic rings. The second-order valence-corrected chi connectivity index (χ2v) is 6.40. The summed E-state index contributed by atoms with van der Waals surface area (Å²) in [5, 5.41) is 12.3. The number of hydrogen-bond acceptors (Lipinski definition) is 3. The van der Waals surface area contributed by atoms with Gasteiger partial charge in [0, 0.05) is 24.0 Å². The van der Waals surface area contributed by atoms with Crippen molar-refractivity contribution in [1.82, 2.24) is 10.2 Å². The van der Waals surface area contributed by atoms with Crippen molar-refractivity contribution in [2.75, 3.05) is 6.54 Å². The minimum atomic E-state index is -4.54. The summed E-state index contributed by atoms with van der Waals surface area (Å²) in [6.07, 6.45) is 5.72. The number of benzene rings is 1. The first kappa shape index (κ1) is 19.4. The van der Waals surface area contributed by atoms with Crippen LogP contribution in [0.3, 0.4) is 0 Å². The van der Waals surface area contributed by atoms with Gasteiger partial charge in [-0.05, 0) is 44.2 Å². The maximum Gasteiger partial charge on any atom is 0.416 e. The molecule has 1 amide bonds. The summed E-state index contributed by atoms with van der Waals surface area (Å²) in [6.45, 7) is 4.24. The third-order valence-electron chi connectivity index (χ3n) is 4.05. The van der Waals surface area contributed by atoms with Gasteiger partial charge in [0.15, 0.2) is 0 Å². The Hall–Kier alpha value is -2.88. The average molecular weight is 364 g/mol. The fourth-order valence-electron chi connectivity index (χ4n) is 2.37. The Kier molecular flexibility index (Phi) is 5.36. The first-order chi connectivity index (χ1) is 12.0. The summed E-state index contributed by atoms with van der Waals surface area (Å²) in [6, 6.07) is 2.48. The Bertz CT molecular complexity index is 802. The largest absolute Gasteiger partial charge is 0.508 e. The topological polar surface area (TPSA) is 52.6 Å². The van der Waals surface area contributed by atoms with Gasteiger partial charge in [0.05, 0.1) is 17.5 Å². The number of aromatic hydroxyl groups is 1. The highest BCUT2D eigenvalue weighted by Crippen LogP contribution is 2.32. The standard InChI is InChI=1S/C19H19F3N2O2/c1-4-18(2,3)24-9-7-15(8-10-24)23-17(26)12-13-11-14(19(20,21)22)5-6-16(13)25/h1,5-9,11,25H,10,12H2,2-3H3,(H,23,26). The maximum absolute atomic E-state index is 12.8. The zero-order valence-corrected chi connectivity index (χ0v) is 14.4. The van der Waals surface area contributed by atoms with Crippen LogP contribution in [-0.2, 0) is 17.4 Å². The van der Waals surface area contributed by atoms with Crippen molar-refractivity contribution in [3.05, 3.63) is 53.4 Å². The molecule has 4 nitrogen and oxygen atoms in total. The molecule has 0 fully saturated rings. The predicted octanol–water partition coefficient (Wildman–Crippen LogP) is 3.19. The number of carbonyl (C=O) groups excluding carboxylic acids is 1. The SMILES string of the molecule is C#CC(C)(C)N1C=CC(NC(=O)Cc2cc(C(F)(F)F)ccc2O)=CC1. The molecule has 0 aromatic heterocycles. The van der Waals surface area contributed by atoms with Gasteiger partial charge in [-0.15, -0.1) is 6.42 Å². The highest BCUT2D eigenvalue weighted by atomic mass is 19.4. The van der Waals surface area contributed by atoms with Crippen molar-refractivity contribution >= 4 is 5.91 Å². The van der Waals surface area contributed by atoms with Gasteiger partial charge in [-0.25, -0.2) is 0 Å². The van der Waals surface area contributed by atoms with Crippen molar-refractivity contribution in [2.45, 2.75) is 32.0 Å². The van der Waals surface area contributed by atoms with E-state index in [2.05, 4.69) is 11.2 Å². The van der Waals surface area contributed by atoms with Crippen LogP contribution in [0.4, 0.5) is 13.2 Å². The fraction of sp³-hybridized carbons (Fsp3) is 0.316. The number of amides is 1. The highest BCUT2D eigenvalue weighted by Gasteiger charge is 2.31. The first-order valence-corrected chi connectivity index (χ1v) is 7.85. The van der Waals surface area contributed by atoms with Crippen LogP contribution in [0.15, 0.2) is 42.2 Å². The first-order valence-electron chi connectivity index (χ1n) is 7.85. The second kappa shape index (κ2) is 7.16. The molecule has 0 unspecified atom stereocenters. The molecule has 1 aliphatic heterocycles. The lowest BCUT2D eigenvalue weighted by Gasteiger charge is -2.34. The Morgan fingerprint density at radius 2 is 2.08 bits per heavy atom. The zero-order chi connectivity index (χ0) is 19.5. The molecule has 0 saturated carbocycles. The van der Waals surface area contributed by atoms with Crippen LogP contribution in [0.2, 0.25) is 0 Å². The van der Waals surface area contributed by atoms with E-state index in [1.54, 1.807) is 18.4 Å². The smallest absolute Gasteiger partial charge is 0.416 e. The molecule has 2 N–H and O–H groups in total. The molecule has 0 aliphatic carbocycles. The van der Waals surface area contributed by atoms with E-state index in [0.717, 1.165) is 18.2 Å². The maximum atomic E-state index is 12.8. The van der Waals surface area contributed by atoms with Crippen LogP contribution >= 0.6 is 0 Å². The monoisotopic (exact) mass is 364 g/mol. The Labute approximate surface area is 150 Å². The molecule has 0 spiro atoms. The van der Waals surface area contributed by atoms with Crippen molar-refractivity contribution in [3.8, 4) is 18.1 Å². The van der Waals surface area contributed by atoms with E-state index in [0.29, 0.717) is 12.2 Å². The number of hydrogen-bond donors (Lipinski definition) is 2. The number of phenolic OH excluding ortho intramolecular Hbond substituents is 1. The lowest BCUT2D eigenvalue weighted by Crippen LogP contribution is -2.40. The number of allylic oxidation sites excluding steroid dienone is 1. The molecular weight excluding hydrogens is 345 g/mol. The summed E-state index contributed by atoms with van der Waals surface area (Å²) in [5.74, 6) is 1.78. The number of phenols is 1. The van der Waals surface area contributed by atoms with Crippen LogP contribution in [0.5, 0.6) is 5.75 Å².